The molecule has 0 amide bonds. The first-order valence-electron chi connectivity index (χ1n) is 8.04. The minimum absolute atomic E-state index is 0.262. The lowest BCUT2D eigenvalue weighted by Crippen LogP contribution is -2.39. The largest absolute Gasteiger partial charge is 0.297 e. The van der Waals surface area contributed by atoms with Crippen LogP contribution in [0.5, 0.6) is 0 Å². The van der Waals surface area contributed by atoms with Crippen LogP contribution < -0.4 is 0 Å². The molecule has 4 rings (SSSR count). The van der Waals surface area contributed by atoms with Gasteiger partial charge in [0.1, 0.15) is 0 Å². The zero-order valence-electron chi connectivity index (χ0n) is 13.5. The smallest absolute Gasteiger partial charge is 0.212 e. The summed E-state index contributed by atoms with van der Waals surface area (Å²) < 4.78 is 25.6. The van der Waals surface area contributed by atoms with Gasteiger partial charge < -0.3 is 0 Å². The first-order valence-corrected chi connectivity index (χ1v) is 10.9. The number of hydrogen-bond acceptors (Lipinski definition) is 5. The standard InChI is InChI=1S/C17H17IN4O2S/c18-17-19-16-3-1-2-15(22(16)20-17)14-6-4-13(5-7-14)12-21-8-10-25(23,24)11-9-21/h1-7H,8-12H2. The molecule has 1 aliphatic rings. The fourth-order valence-electron chi connectivity index (χ4n) is 3.05. The molecule has 0 atom stereocenters. The van der Waals surface area contributed by atoms with Crippen LogP contribution in [0.15, 0.2) is 42.5 Å². The van der Waals surface area contributed by atoms with Crippen molar-refractivity contribution in [3.63, 3.8) is 0 Å². The fourth-order valence-corrected chi connectivity index (χ4v) is 4.78. The summed E-state index contributed by atoms with van der Waals surface area (Å²) in [5, 5.41) is 4.45. The molecule has 3 aromatic rings. The predicted molar refractivity (Wildman–Crippen MR) is 105 cm³/mol. The van der Waals surface area contributed by atoms with Crippen molar-refractivity contribution in [3.8, 4) is 11.3 Å². The highest BCUT2D eigenvalue weighted by molar-refractivity contribution is 14.1. The first kappa shape index (κ1) is 16.9. The van der Waals surface area contributed by atoms with E-state index >= 15 is 0 Å². The Labute approximate surface area is 159 Å². The Hall–Kier alpha value is -1.52. The van der Waals surface area contributed by atoms with Crippen LogP contribution in [-0.2, 0) is 16.4 Å². The van der Waals surface area contributed by atoms with Gasteiger partial charge in [-0.05, 0) is 17.7 Å². The predicted octanol–water partition coefficient (Wildman–Crippen LogP) is 2.23. The molecular formula is C17H17IN4O2S. The third-order valence-corrected chi connectivity index (χ3v) is 6.49. The van der Waals surface area contributed by atoms with E-state index in [2.05, 4.69) is 61.8 Å². The van der Waals surface area contributed by atoms with E-state index in [-0.39, 0.29) is 11.5 Å². The maximum Gasteiger partial charge on any atom is 0.212 e. The van der Waals surface area contributed by atoms with Gasteiger partial charge in [0, 0.05) is 47.8 Å². The van der Waals surface area contributed by atoms with Crippen molar-refractivity contribution in [2.75, 3.05) is 24.6 Å². The van der Waals surface area contributed by atoms with E-state index < -0.39 is 9.84 Å². The fraction of sp³-hybridized carbons (Fsp3) is 0.294. The van der Waals surface area contributed by atoms with E-state index in [0.717, 1.165) is 27.3 Å². The average molecular weight is 468 g/mol. The second-order valence-electron chi connectivity index (χ2n) is 6.19. The molecule has 0 unspecified atom stereocenters. The van der Waals surface area contributed by atoms with E-state index in [9.17, 15) is 8.42 Å². The third kappa shape index (κ3) is 3.70. The molecule has 0 saturated carbocycles. The summed E-state index contributed by atoms with van der Waals surface area (Å²) in [5.41, 5.74) is 4.10. The number of aromatic nitrogens is 3. The quantitative estimate of drug-likeness (QED) is 0.552. The highest BCUT2D eigenvalue weighted by atomic mass is 127. The Kier molecular flexibility index (Phi) is 4.50. The van der Waals surface area contributed by atoms with Crippen molar-refractivity contribution in [1.82, 2.24) is 19.5 Å². The number of pyridine rings is 1. The molecule has 1 saturated heterocycles. The van der Waals surface area contributed by atoms with Crippen LogP contribution in [0.4, 0.5) is 0 Å². The summed E-state index contributed by atoms with van der Waals surface area (Å²) in [5.74, 6) is 0.524. The van der Waals surface area contributed by atoms with Crippen LogP contribution in [0.2, 0.25) is 0 Å². The Morgan fingerprint density at radius 3 is 2.48 bits per heavy atom. The van der Waals surface area contributed by atoms with Gasteiger partial charge in [0.15, 0.2) is 15.5 Å². The number of benzene rings is 1. The third-order valence-electron chi connectivity index (χ3n) is 4.43. The van der Waals surface area contributed by atoms with Crippen LogP contribution in [-0.4, -0.2) is 52.5 Å². The van der Waals surface area contributed by atoms with Crippen LogP contribution in [0.25, 0.3) is 16.9 Å². The second-order valence-corrected chi connectivity index (χ2v) is 9.46. The van der Waals surface area contributed by atoms with E-state index in [1.165, 1.54) is 5.56 Å². The molecule has 2 aromatic heterocycles. The Morgan fingerprint density at radius 1 is 1.04 bits per heavy atom. The van der Waals surface area contributed by atoms with E-state index in [1.54, 1.807) is 0 Å². The molecule has 0 radical (unpaired) electrons. The number of rotatable bonds is 3. The van der Waals surface area contributed by atoms with E-state index in [1.807, 2.05) is 22.7 Å². The second kappa shape index (κ2) is 6.65. The van der Waals surface area contributed by atoms with Crippen LogP contribution >= 0.6 is 22.6 Å². The molecular weight excluding hydrogens is 451 g/mol. The molecule has 1 aliphatic heterocycles. The summed E-state index contributed by atoms with van der Waals surface area (Å²) in [6, 6.07) is 14.3. The number of fused-ring (bicyclic) bond motifs is 1. The maximum absolute atomic E-state index is 11.5. The Morgan fingerprint density at radius 2 is 1.76 bits per heavy atom. The molecule has 0 bridgehead atoms. The van der Waals surface area contributed by atoms with Gasteiger partial charge in [-0.2, -0.15) is 0 Å². The maximum atomic E-state index is 11.5. The van der Waals surface area contributed by atoms with Crippen molar-refractivity contribution >= 4 is 38.1 Å². The summed E-state index contributed by atoms with van der Waals surface area (Å²) in [6.07, 6.45) is 0. The number of sulfone groups is 1. The first-order chi connectivity index (χ1) is 12.0. The molecule has 3 heterocycles. The topological polar surface area (TPSA) is 67.6 Å². The van der Waals surface area contributed by atoms with Gasteiger partial charge in [-0.15, -0.1) is 5.10 Å². The van der Waals surface area contributed by atoms with Gasteiger partial charge in [-0.25, -0.2) is 17.9 Å². The van der Waals surface area contributed by atoms with Crippen molar-refractivity contribution in [2.24, 2.45) is 0 Å². The summed E-state index contributed by atoms with van der Waals surface area (Å²) in [6.45, 7) is 2.00. The average Bonchev–Trinajstić information content (AvgIpc) is 2.98. The van der Waals surface area contributed by atoms with Crippen molar-refractivity contribution in [3.05, 3.63) is 51.9 Å². The molecule has 1 fully saturated rings. The summed E-state index contributed by atoms with van der Waals surface area (Å²) in [4.78, 5) is 6.58. The van der Waals surface area contributed by atoms with Gasteiger partial charge in [0.05, 0.1) is 17.2 Å². The molecule has 0 N–H and O–H groups in total. The molecule has 25 heavy (non-hydrogen) atoms. The van der Waals surface area contributed by atoms with Gasteiger partial charge >= 0.3 is 0 Å². The van der Waals surface area contributed by atoms with Crippen molar-refractivity contribution in [2.45, 2.75) is 6.54 Å². The minimum atomic E-state index is -2.83. The minimum Gasteiger partial charge on any atom is -0.297 e. The molecule has 130 valence electrons. The Balaban J connectivity index is 1.54. The SMILES string of the molecule is O=S1(=O)CCN(Cc2ccc(-c3cccc4nc(I)nn34)cc2)CC1. The molecule has 1 aromatic carbocycles. The normalized spacial score (nSPS) is 17.8. The summed E-state index contributed by atoms with van der Waals surface area (Å²) in [7, 11) is -2.83. The van der Waals surface area contributed by atoms with Gasteiger partial charge in [0.2, 0.25) is 3.83 Å². The van der Waals surface area contributed by atoms with Crippen LogP contribution in [0.3, 0.4) is 0 Å². The highest BCUT2D eigenvalue weighted by Gasteiger charge is 2.21. The number of hydrogen-bond donors (Lipinski definition) is 0. The zero-order chi connectivity index (χ0) is 17.4. The molecule has 0 spiro atoms. The molecule has 8 heteroatoms. The number of halogens is 1. The molecule has 0 aliphatic carbocycles. The highest BCUT2D eigenvalue weighted by Crippen LogP contribution is 2.21. The molecule has 6 nitrogen and oxygen atoms in total. The van der Waals surface area contributed by atoms with Crippen molar-refractivity contribution < 1.29 is 8.42 Å². The van der Waals surface area contributed by atoms with Gasteiger partial charge in [0.25, 0.3) is 0 Å². The van der Waals surface area contributed by atoms with Gasteiger partial charge in [-0.1, -0.05) is 30.3 Å². The van der Waals surface area contributed by atoms with Crippen LogP contribution in [0, 0.1) is 3.83 Å². The zero-order valence-corrected chi connectivity index (χ0v) is 16.4. The van der Waals surface area contributed by atoms with Gasteiger partial charge in [-0.3, -0.25) is 4.90 Å². The lowest BCUT2D eigenvalue weighted by atomic mass is 10.1. The van der Waals surface area contributed by atoms with E-state index in [4.69, 9.17) is 0 Å². The Bertz CT molecular complexity index is 1000. The lowest BCUT2D eigenvalue weighted by Gasteiger charge is -2.26. The number of nitrogens with zero attached hydrogens (tertiary/aromatic N) is 4. The monoisotopic (exact) mass is 468 g/mol. The van der Waals surface area contributed by atoms with Crippen molar-refractivity contribution in [1.29, 1.82) is 0 Å². The lowest BCUT2D eigenvalue weighted by molar-refractivity contribution is 0.287. The van der Waals surface area contributed by atoms with E-state index in [0.29, 0.717) is 13.1 Å². The summed E-state index contributed by atoms with van der Waals surface area (Å²) >= 11 is 2.12. The van der Waals surface area contributed by atoms with Crippen LogP contribution in [0.1, 0.15) is 5.56 Å².